The molecule has 3 nitrogen and oxygen atoms in total. The van der Waals surface area contributed by atoms with Gasteiger partial charge in [-0.2, -0.15) is 5.10 Å². The Morgan fingerprint density at radius 2 is 2.25 bits per heavy atom. The standard InChI is InChI=1S/C16H21FN2O/c1-3-5-6-14-9-15-7-8-16(11-19(15)18-14)20-12-13(4-2)10-17/h7-11H,3-6,12H2,1-2H3/b13-10+. The van der Waals surface area contributed by atoms with E-state index in [9.17, 15) is 4.39 Å². The highest BCUT2D eigenvalue weighted by atomic mass is 19.1. The summed E-state index contributed by atoms with van der Waals surface area (Å²) in [6.45, 7) is 4.36. The molecule has 2 aromatic rings. The van der Waals surface area contributed by atoms with Crippen LogP contribution in [0.2, 0.25) is 0 Å². The Hall–Kier alpha value is -1.84. The zero-order chi connectivity index (χ0) is 14.4. The molecule has 0 unspecified atom stereocenters. The van der Waals surface area contributed by atoms with Crippen LogP contribution in [0.25, 0.3) is 5.52 Å². The Kier molecular flexibility index (Phi) is 5.16. The molecule has 2 heterocycles. The highest BCUT2D eigenvalue weighted by Gasteiger charge is 2.04. The molecule has 0 amide bonds. The number of unbranched alkanes of at least 4 members (excludes halogenated alkanes) is 1. The van der Waals surface area contributed by atoms with Crippen LogP contribution >= 0.6 is 0 Å². The lowest BCUT2D eigenvalue weighted by Gasteiger charge is -2.07. The molecule has 0 aliphatic rings. The van der Waals surface area contributed by atoms with E-state index in [1.54, 1.807) is 0 Å². The highest BCUT2D eigenvalue weighted by molar-refractivity contribution is 5.49. The molecule has 0 radical (unpaired) electrons. The first-order chi connectivity index (χ1) is 9.76. The van der Waals surface area contributed by atoms with Crippen molar-refractivity contribution in [2.24, 2.45) is 0 Å². The van der Waals surface area contributed by atoms with Gasteiger partial charge < -0.3 is 4.74 Å². The number of hydrogen-bond acceptors (Lipinski definition) is 2. The van der Waals surface area contributed by atoms with Crippen molar-refractivity contribution in [1.29, 1.82) is 0 Å². The number of halogens is 1. The summed E-state index contributed by atoms with van der Waals surface area (Å²) in [5.41, 5.74) is 2.80. The molecule has 0 fully saturated rings. The van der Waals surface area contributed by atoms with Gasteiger partial charge >= 0.3 is 0 Å². The number of ether oxygens (including phenoxy) is 1. The van der Waals surface area contributed by atoms with Crippen molar-refractivity contribution in [1.82, 2.24) is 9.61 Å². The van der Waals surface area contributed by atoms with Gasteiger partial charge in [0.1, 0.15) is 12.4 Å². The van der Waals surface area contributed by atoms with Crippen LogP contribution in [0.5, 0.6) is 5.75 Å². The maximum Gasteiger partial charge on any atom is 0.138 e. The molecular weight excluding hydrogens is 255 g/mol. The third-order valence-electron chi connectivity index (χ3n) is 3.30. The quantitative estimate of drug-likeness (QED) is 0.753. The molecule has 108 valence electrons. The average Bonchev–Trinajstić information content (AvgIpc) is 2.88. The Morgan fingerprint density at radius 1 is 1.40 bits per heavy atom. The van der Waals surface area contributed by atoms with E-state index in [1.165, 1.54) is 0 Å². The minimum Gasteiger partial charge on any atom is -0.488 e. The minimum atomic E-state index is 0.280. The summed E-state index contributed by atoms with van der Waals surface area (Å²) in [5.74, 6) is 0.704. The zero-order valence-electron chi connectivity index (χ0n) is 12.1. The second kappa shape index (κ2) is 7.08. The van der Waals surface area contributed by atoms with E-state index in [0.29, 0.717) is 24.1 Å². The summed E-state index contributed by atoms with van der Waals surface area (Å²) in [7, 11) is 0. The number of nitrogens with zero attached hydrogens (tertiary/aromatic N) is 2. The van der Waals surface area contributed by atoms with Crippen molar-refractivity contribution in [3.05, 3.63) is 42.0 Å². The predicted molar refractivity (Wildman–Crippen MR) is 78.8 cm³/mol. The molecule has 0 saturated heterocycles. The summed E-state index contributed by atoms with van der Waals surface area (Å²) in [5, 5.41) is 4.53. The lowest BCUT2D eigenvalue weighted by molar-refractivity contribution is 0.343. The van der Waals surface area contributed by atoms with Crippen LogP contribution in [0.15, 0.2) is 36.3 Å². The zero-order valence-corrected chi connectivity index (χ0v) is 12.1. The van der Waals surface area contributed by atoms with Crippen molar-refractivity contribution in [2.75, 3.05) is 6.61 Å². The summed E-state index contributed by atoms with van der Waals surface area (Å²) < 4.78 is 19.9. The van der Waals surface area contributed by atoms with Crippen molar-refractivity contribution in [2.45, 2.75) is 39.5 Å². The van der Waals surface area contributed by atoms with Gasteiger partial charge in [-0.3, -0.25) is 0 Å². The van der Waals surface area contributed by atoms with Crippen molar-refractivity contribution < 1.29 is 9.13 Å². The van der Waals surface area contributed by atoms with E-state index < -0.39 is 0 Å². The molecule has 0 aliphatic carbocycles. The Balaban J connectivity index is 2.08. The molecule has 20 heavy (non-hydrogen) atoms. The topological polar surface area (TPSA) is 26.5 Å². The van der Waals surface area contributed by atoms with Crippen molar-refractivity contribution >= 4 is 5.52 Å². The van der Waals surface area contributed by atoms with Gasteiger partial charge in [-0.25, -0.2) is 8.91 Å². The minimum absolute atomic E-state index is 0.280. The van der Waals surface area contributed by atoms with Gasteiger partial charge in [-0.1, -0.05) is 20.3 Å². The fourth-order valence-corrected chi connectivity index (χ4v) is 1.97. The Bertz CT molecular complexity index is 589. The SMILES string of the molecule is CCCCc1cc2ccc(OC/C(=C/F)CC)cn2n1. The molecular formula is C16H21FN2O. The number of hydrogen-bond donors (Lipinski definition) is 0. The van der Waals surface area contributed by atoms with E-state index in [2.05, 4.69) is 18.1 Å². The van der Waals surface area contributed by atoms with Gasteiger partial charge in [0.25, 0.3) is 0 Å². The summed E-state index contributed by atoms with van der Waals surface area (Å²) in [6, 6.07) is 5.97. The molecule has 0 saturated carbocycles. The number of aromatic nitrogens is 2. The van der Waals surface area contributed by atoms with Gasteiger partial charge in [0, 0.05) is 0 Å². The van der Waals surface area contributed by atoms with Crippen LogP contribution < -0.4 is 4.74 Å². The number of fused-ring (bicyclic) bond motifs is 1. The first-order valence-corrected chi connectivity index (χ1v) is 7.16. The van der Waals surface area contributed by atoms with Gasteiger partial charge in [0.05, 0.1) is 23.7 Å². The van der Waals surface area contributed by atoms with Gasteiger partial charge in [0.15, 0.2) is 0 Å². The molecule has 2 aromatic heterocycles. The molecule has 4 heteroatoms. The van der Waals surface area contributed by atoms with Crippen molar-refractivity contribution in [3.63, 3.8) is 0 Å². The van der Waals surface area contributed by atoms with Crippen LogP contribution in [0.3, 0.4) is 0 Å². The smallest absolute Gasteiger partial charge is 0.138 e. The maximum absolute atomic E-state index is 12.5. The van der Waals surface area contributed by atoms with Gasteiger partial charge in [-0.15, -0.1) is 0 Å². The molecule has 0 bridgehead atoms. The Labute approximate surface area is 119 Å². The van der Waals surface area contributed by atoms with Crippen LogP contribution in [-0.4, -0.2) is 16.2 Å². The number of aryl methyl sites for hydroxylation is 1. The van der Waals surface area contributed by atoms with E-state index in [-0.39, 0.29) is 6.61 Å². The van der Waals surface area contributed by atoms with Crippen LogP contribution in [0.4, 0.5) is 4.39 Å². The second-order valence-electron chi connectivity index (χ2n) is 4.88. The van der Waals surface area contributed by atoms with Gasteiger partial charge in [0.2, 0.25) is 0 Å². The lowest BCUT2D eigenvalue weighted by atomic mass is 10.2. The summed E-state index contributed by atoms with van der Waals surface area (Å²) in [4.78, 5) is 0. The average molecular weight is 276 g/mol. The third-order valence-corrected chi connectivity index (χ3v) is 3.30. The molecule has 0 aromatic carbocycles. The first-order valence-electron chi connectivity index (χ1n) is 7.16. The first kappa shape index (κ1) is 14.6. The summed E-state index contributed by atoms with van der Waals surface area (Å²) in [6.07, 6.45) is 6.43. The molecule has 2 rings (SSSR count). The largest absolute Gasteiger partial charge is 0.488 e. The summed E-state index contributed by atoms with van der Waals surface area (Å²) >= 11 is 0. The normalized spacial score (nSPS) is 12.1. The van der Waals surface area contributed by atoms with E-state index in [0.717, 1.165) is 30.5 Å². The second-order valence-corrected chi connectivity index (χ2v) is 4.88. The van der Waals surface area contributed by atoms with Gasteiger partial charge in [-0.05, 0) is 43.0 Å². The molecule has 0 N–H and O–H groups in total. The van der Waals surface area contributed by atoms with Crippen molar-refractivity contribution in [3.8, 4) is 5.75 Å². The van der Waals surface area contributed by atoms with E-state index in [1.807, 2.05) is 29.8 Å². The predicted octanol–water partition coefficient (Wildman–Crippen LogP) is 4.32. The van der Waals surface area contributed by atoms with E-state index in [4.69, 9.17) is 4.74 Å². The number of pyridine rings is 1. The molecule has 0 atom stereocenters. The molecule has 0 spiro atoms. The van der Waals surface area contributed by atoms with Crippen LogP contribution in [0.1, 0.15) is 38.8 Å². The number of rotatable bonds is 7. The Morgan fingerprint density at radius 3 is 2.95 bits per heavy atom. The highest BCUT2D eigenvalue weighted by Crippen LogP contribution is 2.16. The van der Waals surface area contributed by atoms with Crippen LogP contribution in [-0.2, 0) is 6.42 Å². The monoisotopic (exact) mass is 276 g/mol. The van der Waals surface area contributed by atoms with E-state index >= 15 is 0 Å². The maximum atomic E-state index is 12.5. The fraction of sp³-hybridized carbons (Fsp3) is 0.438. The lowest BCUT2D eigenvalue weighted by Crippen LogP contribution is -2.01. The molecule has 0 aliphatic heterocycles. The van der Waals surface area contributed by atoms with Crippen LogP contribution in [0, 0.1) is 0 Å². The third kappa shape index (κ3) is 3.59. The fourth-order valence-electron chi connectivity index (χ4n) is 1.97.